The molecule has 31 heavy (non-hydrogen) atoms. The third-order valence-electron chi connectivity index (χ3n) is 6.70. The maximum atomic E-state index is 5.66. The standard InChI is InChI=1S/C23H24N6O2/c1-30-21-20-17(15-2-3-18-19(12-15)25-8-7-24-18)4-9-29(20)28-22(27-21)26-16-13-23(14-16)5-10-31-11-6-23/h2-4,7-9,12,16H,5-6,10-11,13-14H2,1H3,(H,26,28). The summed E-state index contributed by atoms with van der Waals surface area (Å²) in [6.45, 7) is 1.77. The number of rotatable bonds is 4. The Morgan fingerprint density at radius 2 is 1.90 bits per heavy atom. The minimum absolute atomic E-state index is 0.398. The van der Waals surface area contributed by atoms with E-state index in [4.69, 9.17) is 14.6 Å². The van der Waals surface area contributed by atoms with E-state index in [1.165, 1.54) is 0 Å². The van der Waals surface area contributed by atoms with Crippen molar-refractivity contribution in [2.24, 2.45) is 5.41 Å². The molecule has 1 aromatic carbocycles. The number of nitrogens with one attached hydrogen (secondary N) is 1. The molecular formula is C23H24N6O2. The van der Waals surface area contributed by atoms with E-state index in [1.807, 2.05) is 35.0 Å². The molecule has 0 unspecified atom stereocenters. The Bertz CT molecular complexity index is 1260. The van der Waals surface area contributed by atoms with Crippen molar-refractivity contribution >= 4 is 22.5 Å². The molecule has 4 heterocycles. The second-order valence-corrected chi connectivity index (χ2v) is 8.59. The van der Waals surface area contributed by atoms with E-state index in [-0.39, 0.29) is 0 Å². The van der Waals surface area contributed by atoms with Crippen molar-refractivity contribution in [2.75, 3.05) is 25.6 Å². The van der Waals surface area contributed by atoms with Gasteiger partial charge in [0.25, 0.3) is 0 Å². The van der Waals surface area contributed by atoms with Crippen LogP contribution in [0.2, 0.25) is 0 Å². The number of ether oxygens (including phenoxy) is 2. The molecule has 2 fully saturated rings. The first kappa shape index (κ1) is 18.5. The third kappa shape index (κ3) is 3.18. The first-order valence-corrected chi connectivity index (χ1v) is 10.7. The normalized spacial score (nSPS) is 18.4. The smallest absolute Gasteiger partial charge is 0.244 e. The lowest BCUT2D eigenvalue weighted by Crippen LogP contribution is -2.48. The van der Waals surface area contributed by atoms with Crippen molar-refractivity contribution < 1.29 is 9.47 Å². The summed E-state index contributed by atoms with van der Waals surface area (Å²) < 4.78 is 13.0. The van der Waals surface area contributed by atoms with E-state index in [1.54, 1.807) is 19.5 Å². The summed E-state index contributed by atoms with van der Waals surface area (Å²) in [5.74, 6) is 1.15. The lowest BCUT2D eigenvalue weighted by molar-refractivity contribution is -0.0343. The highest BCUT2D eigenvalue weighted by Gasteiger charge is 2.45. The molecule has 1 aliphatic carbocycles. The topological polar surface area (TPSA) is 86.5 Å². The maximum Gasteiger partial charge on any atom is 0.244 e. The van der Waals surface area contributed by atoms with Crippen LogP contribution in [0.3, 0.4) is 0 Å². The molecular weight excluding hydrogens is 392 g/mol. The van der Waals surface area contributed by atoms with Gasteiger partial charge >= 0.3 is 0 Å². The molecule has 6 rings (SSSR count). The highest BCUT2D eigenvalue weighted by Crippen LogP contribution is 2.49. The number of hydrogen-bond acceptors (Lipinski definition) is 7. The van der Waals surface area contributed by atoms with E-state index in [9.17, 15) is 0 Å². The molecule has 1 aliphatic heterocycles. The van der Waals surface area contributed by atoms with Crippen molar-refractivity contribution in [1.29, 1.82) is 0 Å². The van der Waals surface area contributed by atoms with Gasteiger partial charge in [0.1, 0.15) is 5.52 Å². The molecule has 1 saturated carbocycles. The van der Waals surface area contributed by atoms with E-state index < -0.39 is 0 Å². The monoisotopic (exact) mass is 416 g/mol. The summed E-state index contributed by atoms with van der Waals surface area (Å²) >= 11 is 0. The minimum Gasteiger partial charge on any atom is -0.479 e. The molecule has 1 saturated heterocycles. The average molecular weight is 416 g/mol. The van der Waals surface area contributed by atoms with Crippen LogP contribution < -0.4 is 10.1 Å². The van der Waals surface area contributed by atoms with Gasteiger partial charge in [-0.05, 0) is 54.9 Å². The van der Waals surface area contributed by atoms with Crippen molar-refractivity contribution in [2.45, 2.75) is 31.7 Å². The molecule has 8 heteroatoms. The first-order chi connectivity index (χ1) is 15.2. The lowest BCUT2D eigenvalue weighted by atomic mass is 9.61. The number of anilines is 1. The van der Waals surface area contributed by atoms with Gasteiger partial charge in [0.15, 0.2) is 0 Å². The molecule has 158 valence electrons. The Morgan fingerprint density at radius 1 is 1.10 bits per heavy atom. The van der Waals surface area contributed by atoms with Crippen LogP contribution in [0.4, 0.5) is 5.95 Å². The van der Waals surface area contributed by atoms with Gasteiger partial charge in [-0.2, -0.15) is 4.98 Å². The Morgan fingerprint density at radius 3 is 2.71 bits per heavy atom. The number of nitrogens with zero attached hydrogens (tertiary/aromatic N) is 5. The second kappa shape index (κ2) is 7.16. The van der Waals surface area contributed by atoms with Crippen LogP contribution in [0.5, 0.6) is 5.88 Å². The van der Waals surface area contributed by atoms with E-state index >= 15 is 0 Å². The molecule has 1 N–H and O–H groups in total. The van der Waals surface area contributed by atoms with Crippen molar-refractivity contribution in [3.05, 3.63) is 42.9 Å². The quantitative estimate of drug-likeness (QED) is 0.543. The number of fused-ring (bicyclic) bond motifs is 2. The zero-order chi connectivity index (χ0) is 20.8. The Balaban J connectivity index is 1.30. The number of methoxy groups -OCH3 is 1. The van der Waals surface area contributed by atoms with E-state index in [0.717, 1.165) is 66.6 Å². The van der Waals surface area contributed by atoms with Crippen LogP contribution in [-0.4, -0.2) is 50.9 Å². The maximum absolute atomic E-state index is 5.66. The van der Waals surface area contributed by atoms with Gasteiger partial charge in [-0.1, -0.05) is 6.07 Å². The van der Waals surface area contributed by atoms with Crippen molar-refractivity contribution in [1.82, 2.24) is 24.6 Å². The van der Waals surface area contributed by atoms with Crippen LogP contribution in [0.15, 0.2) is 42.9 Å². The lowest BCUT2D eigenvalue weighted by Gasteiger charge is -2.50. The van der Waals surface area contributed by atoms with Gasteiger partial charge in [-0.25, -0.2) is 4.52 Å². The predicted octanol–water partition coefficient (Wildman–Crippen LogP) is 3.72. The van der Waals surface area contributed by atoms with Crippen molar-refractivity contribution in [3.63, 3.8) is 0 Å². The fourth-order valence-electron chi connectivity index (χ4n) is 5.04. The van der Waals surface area contributed by atoms with Crippen LogP contribution in [0.1, 0.15) is 25.7 Å². The molecule has 0 bridgehead atoms. The molecule has 1 spiro atoms. The molecule has 3 aromatic heterocycles. The second-order valence-electron chi connectivity index (χ2n) is 8.59. The van der Waals surface area contributed by atoms with Crippen molar-refractivity contribution in [3.8, 4) is 17.0 Å². The molecule has 2 aliphatic rings. The van der Waals surface area contributed by atoms with E-state index in [2.05, 4.69) is 20.3 Å². The highest BCUT2D eigenvalue weighted by molar-refractivity contribution is 5.89. The fourth-order valence-corrected chi connectivity index (χ4v) is 5.04. The predicted molar refractivity (Wildman–Crippen MR) is 117 cm³/mol. The molecule has 8 nitrogen and oxygen atoms in total. The Labute approximate surface area is 179 Å². The number of aromatic nitrogens is 5. The summed E-state index contributed by atoms with van der Waals surface area (Å²) in [5, 5.41) is 8.22. The van der Waals surface area contributed by atoms with Crippen LogP contribution in [0.25, 0.3) is 27.7 Å². The summed E-state index contributed by atoms with van der Waals surface area (Å²) in [4.78, 5) is 13.5. The van der Waals surface area contributed by atoms with Crippen LogP contribution >= 0.6 is 0 Å². The number of benzene rings is 1. The Hall–Kier alpha value is -3.26. The fraction of sp³-hybridized carbons (Fsp3) is 0.391. The summed E-state index contributed by atoms with van der Waals surface area (Å²) in [6.07, 6.45) is 9.96. The van der Waals surface area contributed by atoms with Crippen LogP contribution in [0, 0.1) is 5.41 Å². The van der Waals surface area contributed by atoms with Gasteiger partial charge < -0.3 is 14.8 Å². The molecule has 0 amide bonds. The molecule has 4 aromatic rings. The highest BCUT2D eigenvalue weighted by atomic mass is 16.5. The van der Waals surface area contributed by atoms with Gasteiger partial charge in [-0.15, -0.1) is 5.10 Å². The van der Waals surface area contributed by atoms with Gasteiger partial charge in [0.05, 0.1) is 18.1 Å². The summed E-state index contributed by atoms with van der Waals surface area (Å²) in [5.41, 5.74) is 5.03. The zero-order valence-electron chi connectivity index (χ0n) is 17.4. The third-order valence-corrected chi connectivity index (χ3v) is 6.70. The van der Waals surface area contributed by atoms with Crippen LogP contribution in [-0.2, 0) is 4.74 Å². The Kier molecular flexibility index (Phi) is 4.27. The van der Waals surface area contributed by atoms with Gasteiger partial charge in [0, 0.05) is 43.4 Å². The largest absolute Gasteiger partial charge is 0.479 e. The molecule has 0 atom stereocenters. The minimum atomic E-state index is 0.398. The first-order valence-electron chi connectivity index (χ1n) is 10.7. The summed E-state index contributed by atoms with van der Waals surface area (Å²) in [6, 6.07) is 8.49. The number of hydrogen-bond donors (Lipinski definition) is 1. The van der Waals surface area contributed by atoms with Gasteiger partial charge in [-0.3, -0.25) is 9.97 Å². The van der Waals surface area contributed by atoms with Gasteiger partial charge in [0.2, 0.25) is 11.8 Å². The average Bonchev–Trinajstić information content (AvgIpc) is 3.22. The zero-order valence-corrected chi connectivity index (χ0v) is 17.4. The molecule has 0 radical (unpaired) electrons. The SMILES string of the molecule is COc1nc(NC2CC3(CCOCC3)C2)nn2ccc(-c3ccc4nccnc4c3)c12. The summed E-state index contributed by atoms with van der Waals surface area (Å²) in [7, 11) is 1.65. The van der Waals surface area contributed by atoms with E-state index in [0.29, 0.717) is 23.3 Å².